The van der Waals surface area contributed by atoms with Gasteiger partial charge in [-0.25, -0.2) is 9.79 Å². The molecule has 1 unspecified atom stereocenters. The molecule has 0 radical (unpaired) electrons. The standard InChI is InChI=1S/C29H30N2O6S/c1-6-16-37-20-14-12-19(13-15-20)17-23-27(32)31-25(21-10-9-11-22(34-5)26(21)35-7-2)24(28(33)36-8-3)18(4)30-29(31)38-23/h6,9-15,17,25H,1,7-8,16H2,2-5H3/b23-17-. The van der Waals surface area contributed by atoms with Crippen molar-refractivity contribution in [1.29, 1.82) is 0 Å². The Morgan fingerprint density at radius 1 is 1.13 bits per heavy atom. The van der Waals surface area contributed by atoms with Gasteiger partial charge in [-0.3, -0.25) is 9.36 Å². The number of nitrogens with zero attached hydrogens (tertiary/aromatic N) is 2. The number of fused-ring (bicyclic) bond motifs is 1. The lowest BCUT2D eigenvalue weighted by Crippen LogP contribution is -2.40. The van der Waals surface area contributed by atoms with Gasteiger partial charge in [-0.2, -0.15) is 0 Å². The molecule has 198 valence electrons. The van der Waals surface area contributed by atoms with Crippen LogP contribution in [0.25, 0.3) is 6.08 Å². The Hall–Kier alpha value is -4.11. The van der Waals surface area contributed by atoms with Gasteiger partial charge in [0.2, 0.25) is 0 Å². The molecule has 0 saturated carbocycles. The first-order chi connectivity index (χ1) is 18.4. The molecule has 3 aromatic rings. The Balaban J connectivity index is 1.92. The van der Waals surface area contributed by atoms with Crippen LogP contribution in [-0.2, 0) is 9.53 Å². The van der Waals surface area contributed by atoms with Gasteiger partial charge < -0.3 is 18.9 Å². The first-order valence-electron chi connectivity index (χ1n) is 12.3. The molecule has 0 amide bonds. The molecule has 0 saturated heterocycles. The zero-order chi connectivity index (χ0) is 27.2. The maximum absolute atomic E-state index is 13.9. The summed E-state index contributed by atoms with van der Waals surface area (Å²) in [5.74, 6) is 1.14. The predicted octanol–water partition coefficient (Wildman–Crippen LogP) is 3.77. The maximum Gasteiger partial charge on any atom is 0.338 e. The zero-order valence-electron chi connectivity index (χ0n) is 21.9. The number of hydrogen-bond donors (Lipinski definition) is 0. The van der Waals surface area contributed by atoms with Crippen LogP contribution in [0.15, 0.2) is 76.2 Å². The van der Waals surface area contributed by atoms with Crippen molar-refractivity contribution in [2.45, 2.75) is 26.8 Å². The van der Waals surface area contributed by atoms with Crippen LogP contribution in [0.1, 0.15) is 37.9 Å². The summed E-state index contributed by atoms with van der Waals surface area (Å²) in [6, 6.07) is 12.0. The number of carbonyl (C=O) groups excluding carboxylic acids is 1. The van der Waals surface area contributed by atoms with Crippen molar-refractivity contribution in [3.8, 4) is 17.2 Å². The number of esters is 1. The molecule has 0 aliphatic carbocycles. The minimum atomic E-state index is -0.807. The topological polar surface area (TPSA) is 88.3 Å². The van der Waals surface area contributed by atoms with E-state index in [1.54, 1.807) is 45.2 Å². The van der Waals surface area contributed by atoms with E-state index in [0.29, 0.717) is 51.1 Å². The number of methoxy groups -OCH3 is 1. The third-order valence-electron chi connectivity index (χ3n) is 5.88. The highest BCUT2D eigenvalue weighted by Crippen LogP contribution is 2.40. The van der Waals surface area contributed by atoms with Crippen LogP contribution in [0.3, 0.4) is 0 Å². The molecule has 2 heterocycles. The van der Waals surface area contributed by atoms with E-state index in [1.165, 1.54) is 15.9 Å². The van der Waals surface area contributed by atoms with Gasteiger partial charge in [-0.1, -0.05) is 48.3 Å². The molecule has 0 spiro atoms. The largest absolute Gasteiger partial charge is 0.493 e. The lowest BCUT2D eigenvalue weighted by atomic mass is 9.94. The second kappa shape index (κ2) is 12.0. The quantitative estimate of drug-likeness (QED) is 0.291. The number of thiazole rings is 1. The fraction of sp³-hybridized carbons (Fsp3) is 0.276. The Bertz CT molecular complexity index is 1550. The molecular formula is C29H30N2O6S. The van der Waals surface area contributed by atoms with E-state index in [-0.39, 0.29) is 17.7 Å². The van der Waals surface area contributed by atoms with Crippen molar-refractivity contribution in [3.05, 3.63) is 97.2 Å². The number of aromatic nitrogens is 1. The van der Waals surface area contributed by atoms with E-state index in [9.17, 15) is 9.59 Å². The van der Waals surface area contributed by atoms with Crippen LogP contribution >= 0.6 is 11.3 Å². The van der Waals surface area contributed by atoms with Crippen molar-refractivity contribution in [2.24, 2.45) is 4.99 Å². The van der Waals surface area contributed by atoms with Crippen LogP contribution in [0.5, 0.6) is 17.2 Å². The smallest absolute Gasteiger partial charge is 0.338 e. The first-order valence-corrected chi connectivity index (χ1v) is 13.1. The molecule has 1 aromatic heterocycles. The van der Waals surface area contributed by atoms with Crippen LogP contribution in [0.2, 0.25) is 0 Å². The fourth-order valence-electron chi connectivity index (χ4n) is 4.26. The Kier molecular flexibility index (Phi) is 8.48. The molecule has 0 N–H and O–H groups in total. The van der Waals surface area contributed by atoms with Crippen LogP contribution in [-0.4, -0.2) is 37.5 Å². The summed E-state index contributed by atoms with van der Waals surface area (Å²) in [4.78, 5) is 32.2. The number of ether oxygens (including phenoxy) is 4. The van der Waals surface area contributed by atoms with Crippen LogP contribution in [0, 0.1) is 0 Å². The Labute approximate surface area is 224 Å². The number of allylic oxidation sites excluding steroid dienone is 1. The summed E-state index contributed by atoms with van der Waals surface area (Å²) in [5.41, 5.74) is 1.93. The molecule has 0 bridgehead atoms. The van der Waals surface area contributed by atoms with E-state index in [1.807, 2.05) is 37.3 Å². The summed E-state index contributed by atoms with van der Waals surface area (Å²) in [6.45, 7) is 9.98. The van der Waals surface area contributed by atoms with Gasteiger partial charge >= 0.3 is 5.97 Å². The molecule has 9 heteroatoms. The van der Waals surface area contributed by atoms with Crippen LogP contribution < -0.4 is 29.1 Å². The first kappa shape index (κ1) is 26.9. The minimum Gasteiger partial charge on any atom is -0.493 e. The second-order valence-electron chi connectivity index (χ2n) is 8.28. The number of benzene rings is 2. The number of rotatable bonds is 10. The molecule has 1 aliphatic rings. The third kappa shape index (κ3) is 5.28. The van der Waals surface area contributed by atoms with Gasteiger partial charge in [-0.05, 0) is 50.6 Å². The highest BCUT2D eigenvalue weighted by molar-refractivity contribution is 7.07. The van der Waals surface area contributed by atoms with Gasteiger partial charge in [0.1, 0.15) is 18.4 Å². The number of para-hydroxylation sites is 1. The lowest BCUT2D eigenvalue weighted by Gasteiger charge is -2.26. The van der Waals surface area contributed by atoms with Gasteiger partial charge in [0.15, 0.2) is 16.3 Å². The van der Waals surface area contributed by atoms with E-state index in [0.717, 1.165) is 5.56 Å². The molecule has 2 aromatic carbocycles. The summed E-state index contributed by atoms with van der Waals surface area (Å²) in [5, 5.41) is 0. The SMILES string of the molecule is C=CCOc1ccc(/C=c2\sc3n(c2=O)C(c2cccc(OC)c2OCC)C(C(=O)OCC)=C(C)N=3)cc1. The van der Waals surface area contributed by atoms with Crippen LogP contribution in [0.4, 0.5) is 0 Å². The van der Waals surface area contributed by atoms with Crippen molar-refractivity contribution in [3.63, 3.8) is 0 Å². The number of hydrogen-bond acceptors (Lipinski definition) is 8. The van der Waals surface area contributed by atoms with E-state index >= 15 is 0 Å². The molecule has 4 rings (SSSR count). The fourth-order valence-corrected chi connectivity index (χ4v) is 5.31. The molecule has 38 heavy (non-hydrogen) atoms. The Morgan fingerprint density at radius 3 is 2.55 bits per heavy atom. The second-order valence-corrected chi connectivity index (χ2v) is 9.29. The summed E-state index contributed by atoms with van der Waals surface area (Å²) in [6.07, 6.45) is 3.48. The van der Waals surface area contributed by atoms with Gasteiger partial charge in [0.25, 0.3) is 5.56 Å². The van der Waals surface area contributed by atoms with Gasteiger partial charge in [-0.15, -0.1) is 0 Å². The van der Waals surface area contributed by atoms with Gasteiger partial charge in [0, 0.05) is 5.56 Å². The predicted molar refractivity (Wildman–Crippen MR) is 147 cm³/mol. The monoisotopic (exact) mass is 534 g/mol. The summed E-state index contributed by atoms with van der Waals surface area (Å²) >= 11 is 1.26. The molecule has 8 nitrogen and oxygen atoms in total. The lowest BCUT2D eigenvalue weighted by molar-refractivity contribution is -0.139. The molecule has 0 fully saturated rings. The van der Waals surface area contributed by atoms with Crippen molar-refractivity contribution < 1.29 is 23.7 Å². The number of carbonyl (C=O) groups is 1. The molecule has 1 aliphatic heterocycles. The average molecular weight is 535 g/mol. The minimum absolute atomic E-state index is 0.190. The van der Waals surface area contributed by atoms with E-state index in [4.69, 9.17) is 18.9 Å². The zero-order valence-corrected chi connectivity index (χ0v) is 22.7. The maximum atomic E-state index is 13.9. The van der Waals surface area contributed by atoms with Crippen molar-refractivity contribution >= 4 is 23.4 Å². The Morgan fingerprint density at radius 2 is 1.89 bits per heavy atom. The molecule has 1 atom stereocenters. The third-order valence-corrected chi connectivity index (χ3v) is 6.86. The van der Waals surface area contributed by atoms with Crippen molar-refractivity contribution in [2.75, 3.05) is 26.9 Å². The van der Waals surface area contributed by atoms with Gasteiger partial charge in [0.05, 0.1) is 36.1 Å². The highest BCUT2D eigenvalue weighted by atomic mass is 32.1. The van der Waals surface area contributed by atoms with E-state index in [2.05, 4.69) is 11.6 Å². The normalized spacial score (nSPS) is 14.9. The van der Waals surface area contributed by atoms with Crippen molar-refractivity contribution in [1.82, 2.24) is 4.57 Å². The van der Waals surface area contributed by atoms with E-state index < -0.39 is 12.0 Å². The molecular weight excluding hydrogens is 504 g/mol. The summed E-state index contributed by atoms with van der Waals surface area (Å²) < 4.78 is 24.5. The average Bonchev–Trinajstić information content (AvgIpc) is 3.22. The summed E-state index contributed by atoms with van der Waals surface area (Å²) in [7, 11) is 1.55. The highest BCUT2D eigenvalue weighted by Gasteiger charge is 2.35.